The highest BCUT2D eigenvalue weighted by atomic mass is 79.9. The third kappa shape index (κ3) is 2.90. The molecular weight excluding hydrogens is 346 g/mol. The van der Waals surface area contributed by atoms with Crippen LogP contribution in [0.4, 0.5) is 5.69 Å². The van der Waals surface area contributed by atoms with E-state index in [9.17, 15) is 9.59 Å². The molecule has 0 aliphatic carbocycles. The SMILES string of the molecule is NCC1CCCN1C(=O)C1CC(=O)N(c2cccc(Br)c2)C1. The molecule has 0 bridgehead atoms. The third-order valence-corrected chi connectivity index (χ3v) is 5.02. The molecule has 1 aromatic rings. The second-order valence-corrected chi connectivity index (χ2v) is 6.86. The number of hydrogen-bond donors (Lipinski definition) is 1. The molecule has 22 heavy (non-hydrogen) atoms. The standard InChI is InChI=1S/C16H20BrN3O2/c17-12-3-1-4-13(8-12)20-10-11(7-15(20)21)16(22)19-6-2-5-14(19)9-18/h1,3-4,8,11,14H,2,5-7,9-10,18H2. The van der Waals surface area contributed by atoms with Crippen molar-refractivity contribution in [3.05, 3.63) is 28.7 Å². The Bertz CT molecular complexity index is 593. The molecule has 0 aromatic heterocycles. The molecule has 5 nitrogen and oxygen atoms in total. The average Bonchev–Trinajstić information content (AvgIpc) is 3.12. The molecule has 0 saturated carbocycles. The summed E-state index contributed by atoms with van der Waals surface area (Å²) in [5.74, 6) is -0.155. The van der Waals surface area contributed by atoms with E-state index in [1.807, 2.05) is 29.2 Å². The molecule has 1 aromatic carbocycles. The number of carbonyl (C=O) groups excluding carboxylic acids is 2. The van der Waals surface area contributed by atoms with Crippen molar-refractivity contribution in [1.29, 1.82) is 0 Å². The third-order valence-electron chi connectivity index (χ3n) is 4.53. The molecule has 2 aliphatic rings. The first-order valence-corrected chi connectivity index (χ1v) is 8.46. The quantitative estimate of drug-likeness (QED) is 0.887. The first kappa shape index (κ1) is 15.5. The van der Waals surface area contributed by atoms with Crippen LogP contribution in [0.2, 0.25) is 0 Å². The van der Waals surface area contributed by atoms with Crippen LogP contribution >= 0.6 is 15.9 Å². The van der Waals surface area contributed by atoms with Crippen LogP contribution in [0.15, 0.2) is 28.7 Å². The molecule has 2 saturated heterocycles. The van der Waals surface area contributed by atoms with E-state index in [1.165, 1.54) is 0 Å². The number of benzene rings is 1. The molecule has 0 radical (unpaired) electrons. The molecule has 2 amide bonds. The Balaban J connectivity index is 1.73. The highest BCUT2D eigenvalue weighted by Crippen LogP contribution is 2.29. The summed E-state index contributed by atoms with van der Waals surface area (Å²) in [6.07, 6.45) is 2.26. The van der Waals surface area contributed by atoms with Gasteiger partial charge in [-0.2, -0.15) is 0 Å². The van der Waals surface area contributed by atoms with Crippen molar-refractivity contribution in [3.63, 3.8) is 0 Å². The van der Waals surface area contributed by atoms with Crippen molar-refractivity contribution >= 4 is 33.4 Å². The number of carbonyl (C=O) groups is 2. The predicted octanol–water partition coefficient (Wildman–Crippen LogP) is 1.75. The first-order valence-electron chi connectivity index (χ1n) is 7.66. The van der Waals surface area contributed by atoms with Gasteiger partial charge < -0.3 is 15.5 Å². The van der Waals surface area contributed by atoms with Crippen molar-refractivity contribution in [2.45, 2.75) is 25.3 Å². The van der Waals surface area contributed by atoms with Gasteiger partial charge in [0.25, 0.3) is 0 Å². The number of nitrogens with two attached hydrogens (primary N) is 1. The van der Waals surface area contributed by atoms with Gasteiger partial charge in [0.2, 0.25) is 11.8 Å². The average molecular weight is 366 g/mol. The number of hydrogen-bond acceptors (Lipinski definition) is 3. The van der Waals surface area contributed by atoms with E-state index in [2.05, 4.69) is 15.9 Å². The van der Waals surface area contributed by atoms with Crippen LogP contribution in [0.1, 0.15) is 19.3 Å². The van der Waals surface area contributed by atoms with Crippen molar-refractivity contribution in [2.24, 2.45) is 11.7 Å². The van der Waals surface area contributed by atoms with Crippen molar-refractivity contribution in [2.75, 3.05) is 24.5 Å². The molecule has 0 spiro atoms. The minimum absolute atomic E-state index is 0.0138. The zero-order valence-corrected chi connectivity index (χ0v) is 14.0. The van der Waals surface area contributed by atoms with Gasteiger partial charge >= 0.3 is 0 Å². The number of likely N-dealkylation sites (tertiary alicyclic amines) is 1. The number of amides is 2. The van der Waals surface area contributed by atoms with Gasteiger partial charge in [0.1, 0.15) is 0 Å². The molecular formula is C16H20BrN3O2. The highest BCUT2D eigenvalue weighted by molar-refractivity contribution is 9.10. The number of anilines is 1. The topological polar surface area (TPSA) is 66.6 Å². The van der Waals surface area contributed by atoms with Crippen LogP contribution in [0.5, 0.6) is 0 Å². The summed E-state index contributed by atoms with van der Waals surface area (Å²) < 4.78 is 0.926. The normalized spacial score (nSPS) is 25.1. The highest BCUT2D eigenvalue weighted by Gasteiger charge is 2.39. The molecule has 2 fully saturated rings. The van der Waals surface area contributed by atoms with Gasteiger partial charge in [-0.15, -0.1) is 0 Å². The van der Waals surface area contributed by atoms with E-state index >= 15 is 0 Å². The van der Waals surface area contributed by atoms with Crippen molar-refractivity contribution in [1.82, 2.24) is 4.90 Å². The maximum Gasteiger partial charge on any atom is 0.228 e. The lowest BCUT2D eigenvalue weighted by molar-refractivity contribution is -0.136. The second kappa shape index (κ2) is 6.38. The summed E-state index contributed by atoms with van der Waals surface area (Å²) in [6.45, 7) is 1.73. The number of rotatable bonds is 3. The zero-order chi connectivity index (χ0) is 15.7. The van der Waals surface area contributed by atoms with E-state index in [-0.39, 0.29) is 23.8 Å². The fourth-order valence-electron chi connectivity index (χ4n) is 3.37. The maximum atomic E-state index is 12.7. The molecule has 2 atom stereocenters. The molecule has 118 valence electrons. The van der Waals surface area contributed by atoms with Crippen LogP contribution < -0.4 is 10.6 Å². The first-order chi connectivity index (χ1) is 10.6. The Morgan fingerprint density at radius 3 is 2.95 bits per heavy atom. The Morgan fingerprint density at radius 1 is 1.41 bits per heavy atom. The van der Waals surface area contributed by atoms with E-state index in [1.54, 1.807) is 4.90 Å². The molecule has 2 heterocycles. The van der Waals surface area contributed by atoms with E-state index in [0.717, 1.165) is 29.5 Å². The second-order valence-electron chi connectivity index (χ2n) is 5.95. The van der Waals surface area contributed by atoms with Gasteiger partial charge in [-0.25, -0.2) is 0 Å². The summed E-state index contributed by atoms with van der Waals surface area (Å²) in [6, 6.07) is 7.76. The van der Waals surface area contributed by atoms with E-state index in [0.29, 0.717) is 19.5 Å². The zero-order valence-electron chi connectivity index (χ0n) is 12.4. The predicted molar refractivity (Wildman–Crippen MR) is 88.4 cm³/mol. The Kier molecular flexibility index (Phi) is 4.49. The van der Waals surface area contributed by atoms with Gasteiger partial charge in [-0.05, 0) is 31.0 Å². The summed E-state index contributed by atoms with van der Waals surface area (Å²) in [5.41, 5.74) is 6.59. The molecule has 3 rings (SSSR count). The number of halogens is 1. The molecule has 2 N–H and O–H groups in total. The largest absolute Gasteiger partial charge is 0.338 e. The van der Waals surface area contributed by atoms with Crippen LogP contribution in [0.25, 0.3) is 0 Å². The Morgan fingerprint density at radius 2 is 2.23 bits per heavy atom. The van der Waals surface area contributed by atoms with Gasteiger partial charge in [-0.3, -0.25) is 9.59 Å². The summed E-state index contributed by atoms with van der Waals surface area (Å²) in [7, 11) is 0. The number of nitrogens with zero attached hydrogens (tertiary/aromatic N) is 2. The minimum Gasteiger partial charge on any atom is -0.338 e. The lowest BCUT2D eigenvalue weighted by Crippen LogP contribution is -2.43. The minimum atomic E-state index is -0.251. The summed E-state index contributed by atoms with van der Waals surface area (Å²) in [4.78, 5) is 28.6. The van der Waals surface area contributed by atoms with Crippen molar-refractivity contribution in [3.8, 4) is 0 Å². The summed E-state index contributed by atoms with van der Waals surface area (Å²) >= 11 is 3.42. The van der Waals surface area contributed by atoms with Gasteiger partial charge in [0, 0.05) is 42.3 Å². The fraction of sp³-hybridized carbons (Fsp3) is 0.500. The lowest BCUT2D eigenvalue weighted by Gasteiger charge is -2.26. The van der Waals surface area contributed by atoms with Crippen molar-refractivity contribution < 1.29 is 9.59 Å². The summed E-state index contributed by atoms with van der Waals surface area (Å²) in [5, 5.41) is 0. The molecule has 2 unspecified atom stereocenters. The smallest absolute Gasteiger partial charge is 0.228 e. The van der Waals surface area contributed by atoms with Gasteiger partial charge in [0.15, 0.2) is 0 Å². The molecule has 6 heteroatoms. The van der Waals surface area contributed by atoms with Gasteiger partial charge in [-0.1, -0.05) is 22.0 Å². The van der Waals surface area contributed by atoms with Crippen LogP contribution in [-0.2, 0) is 9.59 Å². The Labute approximate surface area is 138 Å². The van der Waals surface area contributed by atoms with E-state index in [4.69, 9.17) is 5.73 Å². The fourth-order valence-corrected chi connectivity index (χ4v) is 3.76. The van der Waals surface area contributed by atoms with Crippen LogP contribution in [-0.4, -0.2) is 42.4 Å². The van der Waals surface area contributed by atoms with E-state index < -0.39 is 0 Å². The lowest BCUT2D eigenvalue weighted by atomic mass is 10.1. The van der Waals surface area contributed by atoms with Gasteiger partial charge in [0.05, 0.1) is 5.92 Å². The molecule has 2 aliphatic heterocycles. The Hall–Kier alpha value is -1.40. The maximum absolute atomic E-state index is 12.7. The monoisotopic (exact) mass is 365 g/mol. The van der Waals surface area contributed by atoms with Crippen LogP contribution in [0, 0.1) is 5.92 Å². The van der Waals surface area contributed by atoms with Crippen LogP contribution in [0.3, 0.4) is 0 Å².